The van der Waals surface area contributed by atoms with Gasteiger partial charge in [-0.25, -0.2) is 0 Å². The zero-order valence-corrected chi connectivity index (χ0v) is 17.8. The Morgan fingerprint density at radius 3 is 2.18 bits per heavy atom. The van der Waals surface area contributed by atoms with E-state index in [1.54, 1.807) is 27.2 Å². The Hall–Kier alpha value is -2.60. The number of aryl methyl sites for hydroxylation is 2. The summed E-state index contributed by atoms with van der Waals surface area (Å²) in [5.74, 6) is 1.90. The van der Waals surface area contributed by atoms with Crippen molar-refractivity contribution in [3.63, 3.8) is 0 Å². The Morgan fingerprint density at radius 1 is 1.04 bits per heavy atom. The van der Waals surface area contributed by atoms with Gasteiger partial charge in [-0.1, -0.05) is 11.6 Å². The second-order valence-electron chi connectivity index (χ2n) is 6.34. The Morgan fingerprint density at radius 2 is 1.64 bits per heavy atom. The van der Waals surface area contributed by atoms with Gasteiger partial charge in [0.2, 0.25) is 5.75 Å². The van der Waals surface area contributed by atoms with E-state index in [-0.39, 0.29) is 12.5 Å². The first-order valence-electron chi connectivity index (χ1n) is 8.81. The zero-order chi connectivity index (χ0) is 20.8. The molecule has 0 aromatic heterocycles. The van der Waals surface area contributed by atoms with Gasteiger partial charge in [0.15, 0.2) is 17.6 Å². The highest BCUT2D eigenvalue weighted by Gasteiger charge is 2.19. The van der Waals surface area contributed by atoms with Gasteiger partial charge in [-0.2, -0.15) is 0 Å². The monoisotopic (exact) mass is 407 g/mol. The standard InChI is InChI=1S/C21H26ClNO5/c1-12-9-16(10-13(2)18(12)22)28-14(3)21(24)23-11-15-7-8-17(25-4)20(27-6)19(15)26-5/h7-10,14H,11H2,1-6H3,(H,23,24)/t14-/m1/s1. The van der Waals surface area contributed by atoms with Crippen LogP contribution in [0.4, 0.5) is 0 Å². The molecule has 0 radical (unpaired) electrons. The number of halogens is 1. The Bertz CT molecular complexity index is 830. The van der Waals surface area contributed by atoms with Crippen LogP contribution in [0.15, 0.2) is 24.3 Å². The summed E-state index contributed by atoms with van der Waals surface area (Å²) < 4.78 is 21.8. The molecule has 0 aliphatic heterocycles. The summed E-state index contributed by atoms with van der Waals surface area (Å²) in [5, 5.41) is 3.56. The number of rotatable bonds is 8. The molecule has 0 heterocycles. The van der Waals surface area contributed by atoms with Crippen LogP contribution in [0.2, 0.25) is 5.02 Å². The van der Waals surface area contributed by atoms with Gasteiger partial charge >= 0.3 is 0 Å². The lowest BCUT2D eigenvalue weighted by molar-refractivity contribution is -0.127. The largest absolute Gasteiger partial charge is 0.493 e. The number of carbonyl (C=O) groups is 1. The minimum atomic E-state index is -0.675. The Kier molecular flexibility index (Phi) is 7.40. The molecule has 28 heavy (non-hydrogen) atoms. The first-order chi connectivity index (χ1) is 13.3. The third-order valence-electron chi connectivity index (χ3n) is 4.33. The van der Waals surface area contributed by atoms with Crippen molar-refractivity contribution in [3.8, 4) is 23.0 Å². The minimum Gasteiger partial charge on any atom is -0.493 e. The van der Waals surface area contributed by atoms with E-state index in [4.69, 9.17) is 30.5 Å². The quantitative estimate of drug-likeness (QED) is 0.714. The van der Waals surface area contributed by atoms with Crippen LogP contribution in [-0.4, -0.2) is 33.3 Å². The summed E-state index contributed by atoms with van der Waals surface area (Å²) in [6.45, 7) is 5.75. The van der Waals surface area contributed by atoms with Gasteiger partial charge in [-0.05, 0) is 56.2 Å². The molecular weight excluding hydrogens is 382 g/mol. The second-order valence-corrected chi connectivity index (χ2v) is 6.72. The van der Waals surface area contributed by atoms with E-state index in [2.05, 4.69) is 5.32 Å². The lowest BCUT2D eigenvalue weighted by Gasteiger charge is -2.18. The highest BCUT2D eigenvalue weighted by molar-refractivity contribution is 6.32. The van der Waals surface area contributed by atoms with E-state index >= 15 is 0 Å². The molecule has 0 unspecified atom stereocenters. The van der Waals surface area contributed by atoms with E-state index in [1.807, 2.05) is 32.0 Å². The van der Waals surface area contributed by atoms with Crippen molar-refractivity contribution in [2.75, 3.05) is 21.3 Å². The molecule has 2 aromatic carbocycles. The zero-order valence-electron chi connectivity index (χ0n) is 17.0. The van der Waals surface area contributed by atoms with E-state index in [1.165, 1.54) is 7.11 Å². The average molecular weight is 408 g/mol. The number of nitrogens with one attached hydrogen (secondary N) is 1. The maximum atomic E-state index is 12.5. The van der Waals surface area contributed by atoms with Gasteiger partial charge < -0.3 is 24.3 Å². The first-order valence-corrected chi connectivity index (χ1v) is 9.19. The maximum absolute atomic E-state index is 12.5. The molecule has 7 heteroatoms. The molecule has 1 amide bonds. The smallest absolute Gasteiger partial charge is 0.261 e. The lowest BCUT2D eigenvalue weighted by atomic mass is 10.1. The maximum Gasteiger partial charge on any atom is 0.261 e. The number of amides is 1. The second kappa shape index (κ2) is 9.55. The minimum absolute atomic E-state index is 0.248. The van der Waals surface area contributed by atoms with E-state index in [0.717, 1.165) is 16.7 Å². The van der Waals surface area contributed by atoms with Crippen LogP contribution in [0.1, 0.15) is 23.6 Å². The topological polar surface area (TPSA) is 66.0 Å². The highest BCUT2D eigenvalue weighted by Crippen LogP contribution is 2.39. The fourth-order valence-corrected chi connectivity index (χ4v) is 2.97. The molecular formula is C21H26ClNO5. The molecule has 6 nitrogen and oxygen atoms in total. The summed E-state index contributed by atoms with van der Waals surface area (Å²) in [6.07, 6.45) is -0.675. The molecule has 1 atom stereocenters. The normalized spacial score (nSPS) is 11.5. The highest BCUT2D eigenvalue weighted by atomic mass is 35.5. The van der Waals surface area contributed by atoms with E-state index in [0.29, 0.717) is 28.0 Å². The van der Waals surface area contributed by atoms with Crippen LogP contribution in [0.3, 0.4) is 0 Å². The van der Waals surface area contributed by atoms with Crippen molar-refractivity contribution >= 4 is 17.5 Å². The molecule has 2 aromatic rings. The lowest BCUT2D eigenvalue weighted by Crippen LogP contribution is -2.36. The number of carbonyl (C=O) groups excluding carboxylic acids is 1. The number of hydrogen-bond donors (Lipinski definition) is 1. The molecule has 0 saturated heterocycles. The summed E-state index contributed by atoms with van der Waals surface area (Å²) >= 11 is 6.18. The number of ether oxygens (including phenoxy) is 4. The van der Waals surface area contributed by atoms with Crippen LogP contribution in [-0.2, 0) is 11.3 Å². The van der Waals surface area contributed by atoms with E-state index < -0.39 is 6.10 Å². The molecule has 0 bridgehead atoms. The van der Waals surface area contributed by atoms with Crippen molar-refractivity contribution < 1.29 is 23.7 Å². The fourth-order valence-electron chi connectivity index (χ4n) is 2.86. The number of hydrogen-bond acceptors (Lipinski definition) is 5. The molecule has 0 fully saturated rings. The van der Waals surface area contributed by atoms with Crippen LogP contribution in [0.25, 0.3) is 0 Å². The van der Waals surface area contributed by atoms with Crippen molar-refractivity contribution in [2.45, 2.75) is 33.4 Å². The Balaban J connectivity index is 2.07. The predicted molar refractivity (Wildman–Crippen MR) is 109 cm³/mol. The fraction of sp³-hybridized carbons (Fsp3) is 0.381. The van der Waals surface area contributed by atoms with Gasteiger partial charge in [0.25, 0.3) is 5.91 Å². The molecule has 2 rings (SSSR count). The van der Waals surface area contributed by atoms with Crippen molar-refractivity contribution in [1.29, 1.82) is 0 Å². The number of benzene rings is 2. The van der Waals surface area contributed by atoms with Gasteiger partial charge in [-0.15, -0.1) is 0 Å². The van der Waals surface area contributed by atoms with E-state index in [9.17, 15) is 4.79 Å². The SMILES string of the molecule is COc1ccc(CNC(=O)[C@@H](C)Oc2cc(C)c(Cl)c(C)c2)c(OC)c1OC. The van der Waals surface area contributed by atoms with Crippen molar-refractivity contribution in [1.82, 2.24) is 5.32 Å². The van der Waals surface area contributed by atoms with Gasteiger partial charge in [-0.3, -0.25) is 4.79 Å². The third-order valence-corrected chi connectivity index (χ3v) is 4.93. The van der Waals surface area contributed by atoms with Gasteiger partial charge in [0.05, 0.1) is 21.3 Å². The molecule has 1 N–H and O–H groups in total. The van der Waals surface area contributed by atoms with Gasteiger partial charge in [0, 0.05) is 17.1 Å². The average Bonchev–Trinajstić information content (AvgIpc) is 2.68. The van der Waals surface area contributed by atoms with Crippen LogP contribution < -0.4 is 24.3 Å². The van der Waals surface area contributed by atoms with Crippen LogP contribution in [0, 0.1) is 13.8 Å². The molecule has 0 saturated carbocycles. The third kappa shape index (κ3) is 4.81. The summed E-state index contributed by atoms with van der Waals surface area (Å²) in [7, 11) is 4.63. The molecule has 0 aliphatic carbocycles. The summed E-state index contributed by atoms with van der Waals surface area (Å²) in [5.41, 5.74) is 2.57. The molecule has 0 spiro atoms. The molecule has 0 aliphatic rings. The van der Waals surface area contributed by atoms with Gasteiger partial charge in [0.1, 0.15) is 5.75 Å². The predicted octanol–water partition coefficient (Wildman–Crippen LogP) is 4.07. The summed E-state index contributed by atoms with van der Waals surface area (Å²) in [4.78, 5) is 12.5. The summed E-state index contributed by atoms with van der Waals surface area (Å²) in [6, 6.07) is 7.22. The van der Waals surface area contributed by atoms with Crippen LogP contribution in [0.5, 0.6) is 23.0 Å². The molecule has 152 valence electrons. The number of methoxy groups -OCH3 is 3. The van der Waals surface area contributed by atoms with Crippen molar-refractivity contribution in [3.05, 3.63) is 46.0 Å². The van der Waals surface area contributed by atoms with Crippen LogP contribution >= 0.6 is 11.6 Å². The van der Waals surface area contributed by atoms with Crippen molar-refractivity contribution in [2.24, 2.45) is 0 Å². The first kappa shape index (κ1) is 21.7. The Labute approximate surface area is 170 Å².